The molecule has 0 aliphatic heterocycles. The van der Waals surface area contributed by atoms with Gasteiger partial charge in [0.2, 0.25) is 0 Å². The molecule has 2 heterocycles. The summed E-state index contributed by atoms with van der Waals surface area (Å²) in [5.74, 6) is 0.703. The second-order valence-electron chi connectivity index (χ2n) is 3.73. The summed E-state index contributed by atoms with van der Waals surface area (Å²) in [7, 11) is 2.01. The van der Waals surface area contributed by atoms with Gasteiger partial charge in [-0.1, -0.05) is 12.1 Å². The third kappa shape index (κ3) is 1.20. The molecule has 4 heteroatoms. The fourth-order valence-electron chi connectivity index (χ4n) is 1.93. The van der Waals surface area contributed by atoms with Crippen LogP contribution in [0.15, 0.2) is 41.1 Å². The summed E-state index contributed by atoms with van der Waals surface area (Å²) >= 11 is 0. The maximum Gasteiger partial charge on any atom is 0.292 e. The summed E-state index contributed by atoms with van der Waals surface area (Å²) in [6.07, 6.45) is 3.67. The van der Waals surface area contributed by atoms with Crippen molar-refractivity contribution in [3.8, 4) is 11.3 Å². The number of nitrogens with zero attached hydrogens (tertiary/aromatic N) is 2. The molecule has 2 aromatic heterocycles. The number of hydrogen-bond acceptors (Lipinski definition) is 3. The SMILES string of the molecule is Cn1ccc2c(-c3cnc(N)o3)cccc21. The Morgan fingerprint density at radius 1 is 1.31 bits per heavy atom. The van der Waals surface area contributed by atoms with Crippen LogP contribution in [0.3, 0.4) is 0 Å². The zero-order valence-corrected chi connectivity index (χ0v) is 8.84. The first kappa shape index (κ1) is 9.03. The van der Waals surface area contributed by atoms with Gasteiger partial charge in [0.1, 0.15) is 0 Å². The molecule has 4 nitrogen and oxygen atoms in total. The first-order valence-corrected chi connectivity index (χ1v) is 5.01. The Labute approximate surface area is 92.3 Å². The summed E-state index contributed by atoms with van der Waals surface area (Å²) < 4.78 is 7.41. The molecule has 0 spiro atoms. The second-order valence-corrected chi connectivity index (χ2v) is 3.73. The molecule has 0 aliphatic rings. The van der Waals surface area contributed by atoms with Crippen molar-refractivity contribution in [3.63, 3.8) is 0 Å². The van der Waals surface area contributed by atoms with Crippen molar-refractivity contribution < 1.29 is 4.42 Å². The van der Waals surface area contributed by atoms with Crippen molar-refractivity contribution in [2.45, 2.75) is 0 Å². The number of fused-ring (bicyclic) bond motifs is 1. The largest absolute Gasteiger partial charge is 0.424 e. The van der Waals surface area contributed by atoms with Crippen LogP contribution in [0, 0.1) is 0 Å². The molecule has 0 fully saturated rings. The fraction of sp³-hybridized carbons (Fsp3) is 0.0833. The van der Waals surface area contributed by atoms with Crippen LogP contribution in [-0.2, 0) is 7.05 Å². The lowest BCUT2D eigenvalue weighted by Crippen LogP contribution is -1.84. The Morgan fingerprint density at radius 2 is 2.19 bits per heavy atom. The van der Waals surface area contributed by atoms with Gasteiger partial charge in [0.05, 0.1) is 6.20 Å². The maximum absolute atomic E-state index is 5.48. The summed E-state index contributed by atoms with van der Waals surface area (Å²) in [6, 6.07) is 8.32. The predicted molar refractivity (Wildman–Crippen MR) is 62.8 cm³/mol. The van der Waals surface area contributed by atoms with Gasteiger partial charge in [0.25, 0.3) is 6.01 Å². The fourth-order valence-corrected chi connectivity index (χ4v) is 1.93. The first-order valence-electron chi connectivity index (χ1n) is 5.01. The average Bonchev–Trinajstić information content (AvgIpc) is 2.86. The van der Waals surface area contributed by atoms with Gasteiger partial charge in [0, 0.05) is 29.7 Å². The van der Waals surface area contributed by atoms with Gasteiger partial charge in [-0.05, 0) is 12.1 Å². The van der Waals surface area contributed by atoms with Crippen LogP contribution in [0.25, 0.3) is 22.2 Å². The number of anilines is 1. The van der Waals surface area contributed by atoms with Gasteiger partial charge in [-0.25, -0.2) is 4.98 Å². The van der Waals surface area contributed by atoms with Crippen molar-refractivity contribution in [1.82, 2.24) is 9.55 Å². The highest BCUT2D eigenvalue weighted by Gasteiger charge is 2.09. The van der Waals surface area contributed by atoms with Gasteiger partial charge in [0.15, 0.2) is 5.76 Å². The standard InChI is InChI=1S/C12H11N3O/c1-15-6-5-8-9(3-2-4-10(8)15)11-7-14-12(13)16-11/h2-7H,1H3,(H2,13,14). The lowest BCUT2D eigenvalue weighted by atomic mass is 10.1. The number of nitrogen functional groups attached to an aromatic ring is 1. The van der Waals surface area contributed by atoms with Gasteiger partial charge in [-0.3, -0.25) is 0 Å². The van der Waals surface area contributed by atoms with Gasteiger partial charge < -0.3 is 14.7 Å². The molecule has 1 aromatic carbocycles. The van der Waals surface area contributed by atoms with Gasteiger partial charge in [-0.15, -0.1) is 0 Å². The topological polar surface area (TPSA) is 57.0 Å². The Hall–Kier alpha value is -2.23. The van der Waals surface area contributed by atoms with Crippen LogP contribution < -0.4 is 5.73 Å². The highest BCUT2D eigenvalue weighted by molar-refractivity contribution is 5.94. The minimum Gasteiger partial charge on any atom is -0.424 e. The molecule has 80 valence electrons. The van der Waals surface area contributed by atoms with Crippen molar-refractivity contribution in [2.24, 2.45) is 7.05 Å². The van der Waals surface area contributed by atoms with E-state index in [1.165, 1.54) is 0 Å². The Morgan fingerprint density at radius 3 is 2.94 bits per heavy atom. The summed E-state index contributed by atoms with van der Waals surface area (Å²) in [6.45, 7) is 0. The molecule has 0 amide bonds. The number of nitrogens with two attached hydrogens (primary N) is 1. The second kappa shape index (κ2) is 3.13. The molecular weight excluding hydrogens is 202 g/mol. The lowest BCUT2D eigenvalue weighted by Gasteiger charge is -2.00. The van der Waals surface area contributed by atoms with E-state index in [4.69, 9.17) is 10.2 Å². The van der Waals surface area contributed by atoms with E-state index in [1.807, 2.05) is 25.4 Å². The minimum absolute atomic E-state index is 0.197. The molecule has 0 radical (unpaired) electrons. The molecule has 0 saturated carbocycles. The van der Waals surface area contributed by atoms with E-state index in [0.29, 0.717) is 5.76 Å². The van der Waals surface area contributed by atoms with Crippen LogP contribution >= 0.6 is 0 Å². The molecule has 0 bridgehead atoms. The van der Waals surface area contributed by atoms with Crippen LogP contribution in [-0.4, -0.2) is 9.55 Å². The van der Waals surface area contributed by atoms with Crippen LogP contribution in [0.5, 0.6) is 0 Å². The van der Waals surface area contributed by atoms with E-state index < -0.39 is 0 Å². The molecular formula is C12H11N3O. The number of hydrogen-bond donors (Lipinski definition) is 1. The molecule has 0 saturated heterocycles. The van der Waals surface area contributed by atoms with E-state index in [1.54, 1.807) is 6.20 Å². The highest BCUT2D eigenvalue weighted by Crippen LogP contribution is 2.29. The van der Waals surface area contributed by atoms with Crippen LogP contribution in [0.4, 0.5) is 6.01 Å². The Balaban J connectivity index is 2.31. The predicted octanol–water partition coefficient (Wildman–Crippen LogP) is 2.42. The molecule has 16 heavy (non-hydrogen) atoms. The maximum atomic E-state index is 5.48. The van der Waals surface area contributed by atoms with E-state index in [0.717, 1.165) is 16.5 Å². The van der Waals surface area contributed by atoms with Crippen LogP contribution in [0.2, 0.25) is 0 Å². The average molecular weight is 213 g/mol. The summed E-state index contributed by atoms with van der Waals surface area (Å²) in [5, 5.41) is 1.14. The third-order valence-corrected chi connectivity index (χ3v) is 2.72. The number of oxazole rings is 1. The highest BCUT2D eigenvalue weighted by atomic mass is 16.4. The molecule has 3 rings (SSSR count). The van der Waals surface area contributed by atoms with Crippen molar-refractivity contribution in [3.05, 3.63) is 36.7 Å². The van der Waals surface area contributed by atoms with Crippen molar-refractivity contribution >= 4 is 16.9 Å². The summed E-state index contributed by atoms with van der Waals surface area (Å²) in [4.78, 5) is 3.91. The van der Waals surface area contributed by atoms with Gasteiger partial charge >= 0.3 is 0 Å². The number of aryl methyl sites for hydroxylation is 1. The monoisotopic (exact) mass is 213 g/mol. The molecule has 3 aromatic rings. The smallest absolute Gasteiger partial charge is 0.292 e. The number of benzene rings is 1. The van der Waals surface area contributed by atoms with Crippen LogP contribution in [0.1, 0.15) is 0 Å². The molecule has 0 aliphatic carbocycles. The quantitative estimate of drug-likeness (QED) is 0.675. The van der Waals surface area contributed by atoms with Gasteiger partial charge in [-0.2, -0.15) is 0 Å². The van der Waals surface area contributed by atoms with E-state index in [-0.39, 0.29) is 6.01 Å². The molecule has 2 N–H and O–H groups in total. The number of rotatable bonds is 1. The van der Waals surface area contributed by atoms with Crippen molar-refractivity contribution in [2.75, 3.05) is 5.73 Å². The van der Waals surface area contributed by atoms with E-state index in [2.05, 4.69) is 21.7 Å². The third-order valence-electron chi connectivity index (χ3n) is 2.72. The summed E-state index contributed by atoms with van der Waals surface area (Å²) in [5.41, 5.74) is 7.66. The lowest BCUT2D eigenvalue weighted by molar-refractivity contribution is 0.595. The molecule has 0 atom stereocenters. The Kier molecular flexibility index (Phi) is 1.77. The minimum atomic E-state index is 0.197. The zero-order chi connectivity index (χ0) is 11.1. The van der Waals surface area contributed by atoms with E-state index in [9.17, 15) is 0 Å². The van der Waals surface area contributed by atoms with E-state index >= 15 is 0 Å². The van der Waals surface area contributed by atoms with Crippen molar-refractivity contribution in [1.29, 1.82) is 0 Å². The Bertz CT molecular complexity index is 651. The first-order chi connectivity index (χ1) is 7.75. The molecule has 0 unspecified atom stereocenters. The number of aromatic nitrogens is 2. The normalized spacial score (nSPS) is 11.1. The zero-order valence-electron chi connectivity index (χ0n) is 8.84.